The fourth-order valence-corrected chi connectivity index (χ4v) is 4.23. The Morgan fingerprint density at radius 2 is 1.92 bits per heavy atom. The van der Waals surface area contributed by atoms with Crippen LogP contribution >= 0.6 is 7.75 Å². The van der Waals surface area contributed by atoms with Gasteiger partial charge in [0, 0.05) is 13.1 Å². The Hall–Kier alpha value is -1.47. The molecule has 1 heterocycles. The summed E-state index contributed by atoms with van der Waals surface area (Å²) in [5.74, 6) is 0. The van der Waals surface area contributed by atoms with Crippen LogP contribution in [0.1, 0.15) is 25.8 Å². The smallest absolute Gasteiger partial charge is 0.410 e. The number of piperidine rings is 1. The SMILES string of the molecule is CCOP(=O)(N[C@@H]1CN(C(=O)OCc2ccccc2)CC[C@H]1F)OCC. The third kappa shape index (κ3) is 6.06. The van der Waals surface area contributed by atoms with Crippen molar-refractivity contribution >= 4 is 13.8 Å². The molecule has 0 aliphatic carbocycles. The zero-order chi connectivity index (χ0) is 19.0. The van der Waals surface area contributed by atoms with Gasteiger partial charge >= 0.3 is 13.8 Å². The second kappa shape index (κ2) is 10.0. The van der Waals surface area contributed by atoms with E-state index in [1.54, 1.807) is 13.8 Å². The normalized spacial score (nSPS) is 20.8. The maximum Gasteiger partial charge on any atom is 0.410 e. The molecule has 0 saturated carbocycles. The molecule has 146 valence electrons. The van der Waals surface area contributed by atoms with Crippen molar-refractivity contribution in [3.8, 4) is 0 Å². The summed E-state index contributed by atoms with van der Waals surface area (Å²) in [5, 5.41) is 2.63. The van der Waals surface area contributed by atoms with Gasteiger partial charge in [-0.05, 0) is 25.8 Å². The first-order valence-corrected chi connectivity index (χ1v) is 10.3. The van der Waals surface area contributed by atoms with E-state index in [0.717, 1.165) is 5.56 Å². The molecule has 1 fully saturated rings. The van der Waals surface area contributed by atoms with E-state index in [4.69, 9.17) is 13.8 Å². The second-order valence-corrected chi connectivity index (χ2v) is 7.63. The minimum atomic E-state index is -3.61. The highest BCUT2D eigenvalue weighted by Crippen LogP contribution is 2.44. The van der Waals surface area contributed by atoms with Crippen LogP contribution in [0, 0.1) is 0 Å². The van der Waals surface area contributed by atoms with Crippen LogP contribution in [0.25, 0.3) is 0 Å². The average molecular weight is 388 g/mol. The molecule has 2 rings (SSSR count). The molecule has 2 atom stereocenters. The summed E-state index contributed by atoms with van der Waals surface area (Å²) in [6, 6.07) is 8.45. The molecule has 1 aliphatic rings. The van der Waals surface area contributed by atoms with Gasteiger partial charge in [0.2, 0.25) is 0 Å². The lowest BCUT2D eigenvalue weighted by Crippen LogP contribution is -2.53. The number of benzene rings is 1. The highest BCUT2D eigenvalue weighted by molar-refractivity contribution is 7.51. The molecule has 0 spiro atoms. The lowest BCUT2D eigenvalue weighted by Gasteiger charge is -2.36. The van der Waals surface area contributed by atoms with E-state index in [1.807, 2.05) is 30.3 Å². The third-order valence-corrected chi connectivity index (χ3v) is 5.76. The number of carbonyl (C=O) groups excluding carboxylic acids is 1. The number of nitrogens with zero attached hydrogens (tertiary/aromatic N) is 1. The Kier molecular flexibility index (Phi) is 8.03. The van der Waals surface area contributed by atoms with Crippen LogP contribution in [-0.2, 0) is 25.0 Å². The Labute approximate surface area is 153 Å². The van der Waals surface area contributed by atoms with Gasteiger partial charge < -0.3 is 9.64 Å². The van der Waals surface area contributed by atoms with Crippen molar-refractivity contribution in [2.45, 2.75) is 39.1 Å². The Balaban J connectivity index is 1.93. The molecule has 0 unspecified atom stereocenters. The van der Waals surface area contributed by atoms with Gasteiger partial charge in [-0.25, -0.2) is 18.8 Å². The fraction of sp³-hybridized carbons (Fsp3) is 0.588. The van der Waals surface area contributed by atoms with Gasteiger partial charge in [0.1, 0.15) is 12.8 Å². The summed E-state index contributed by atoms with van der Waals surface area (Å²) in [4.78, 5) is 13.7. The Morgan fingerprint density at radius 1 is 1.27 bits per heavy atom. The number of nitrogens with one attached hydrogen (secondary N) is 1. The molecule has 1 saturated heterocycles. The molecule has 1 aromatic carbocycles. The predicted molar refractivity (Wildman–Crippen MR) is 95.5 cm³/mol. The van der Waals surface area contributed by atoms with Gasteiger partial charge in [-0.3, -0.25) is 9.05 Å². The molecule has 0 bridgehead atoms. The second-order valence-electron chi connectivity index (χ2n) is 5.86. The topological polar surface area (TPSA) is 77.1 Å². The summed E-state index contributed by atoms with van der Waals surface area (Å²) in [6.45, 7) is 4.08. The third-order valence-electron chi connectivity index (χ3n) is 3.91. The quantitative estimate of drug-likeness (QED) is 0.687. The van der Waals surface area contributed by atoms with Crippen molar-refractivity contribution < 1.29 is 27.5 Å². The fourth-order valence-electron chi connectivity index (χ4n) is 2.68. The van der Waals surface area contributed by atoms with Crippen LogP contribution in [0.2, 0.25) is 0 Å². The van der Waals surface area contributed by atoms with E-state index in [2.05, 4.69) is 5.09 Å². The minimum Gasteiger partial charge on any atom is -0.445 e. The zero-order valence-corrected chi connectivity index (χ0v) is 16.0. The van der Waals surface area contributed by atoms with Crippen LogP contribution in [0.4, 0.5) is 9.18 Å². The van der Waals surface area contributed by atoms with Gasteiger partial charge in [-0.2, -0.15) is 0 Å². The summed E-state index contributed by atoms with van der Waals surface area (Å²) in [7, 11) is -3.61. The largest absolute Gasteiger partial charge is 0.445 e. The lowest BCUT2D eigenvalue weighted by molar-refractivity contribution is 0.0649. The number of ether oxygens (including phenoxy) is 1. The number of amides is 1. The van der Waals surface area contributed by atoms with Gasteiger partial charge in [0.05, 0.1) is 19.3 Å². The van der Waals surface area contributed by atoms with Crippen LogP contribution < -0.4 is 5.09 Å². The maximum absolute atomic E-state index is 14.3. The van der Waals surface area contributed by atoms with Gasteiger partial charge in [-0.15, -0.1) is 0 Å². The number of likely N-dealkylation sites (tertiary alicyclic amines) is 1. The molecule has 0 aromatic heterocycles. The molecule has 1 N–H and O–H groups in total. The number of alkyl halides is 1. The Morgan fingerprint density at radius 3 is 2.54 bits per heavy atom. The van der Waals surface area contributed by atoms with Crippen LogP contribution in [-0.4, -0.2) is 49.5 Å². The Bertz CT molecular complexity index is 608. The van der Waals surface area contributed by atoms with Crippen molar-refractivity contribution in [2.75, 3.05) is 26.3 Å². The zero-order valence-electron chi connectivity index (χ0n) is 15.1. The van der Waals surface area contributed by atoms with E-state index in [0.29, 0.717) is 0 Å². The monoisotopic (exact) mass is 388 g/mol. The molecule has 7 nitrogen and oxygen atoms in total. The first-order chi connectivity index (χ1) is 12.5. The van der Waals surface area contributed by atoms with Crippen molar-refractivity contribution in [3.05, 3.63) is 35.9 Å². The van der Waals surface area contributed by atoms with Gasteiger partial charge in [0.25, 0.3) is 0 Å². The predicted octanol–water partition coefficient (Wildman–Crippen LogP) is 3.51. The number of rotatable bonds is 8. The van der Waals surface area contributed by atoms with Crippen molar-refractivity contribution in [2.24, 2.45) is 0 Å². The van der Waals surface area contributed by atoms with Crippen LogP contribution in [0.15, 0.2) is 30.3 Å². The average Bonchev–Trinajstić information content (AvgIpc) is 2.63. The summed E-state index contributed by atoms with van der Waals surface area (Å²) >= 11 is 0. The number of halogens is 1. The van der Waals surface area contributed by atoms with Gasteiger partial charge in [0.15, 0.2) is 0 Å². The van der Waals surface area contributed by atoms with E-state index in [-0.39, 0.29) is 39.3 Å². The van der Waals surface area contributed by atoms with E-state index in [1.165, 1.54) is 4.90 Å². The van der Waals surface area contributed by atoms with Crippen molar-refractivity contribution in [3.63, 3.8) is 0 Å². The molecule has 1 amide bonds. The molecular formula is C17H26FN2O5P. The summed E-state index contributed by atoms with van der Waals surface area (Å²) in [6.07, 6.45) is -1.67. The van der Waals surface area contributed by atoms with E-state index in [9.17, 15) is 13.8 Å². The summed E-state index contributed by atoms with van der Waals surface area (Å²) < 4.78 is 42.4. The van der Waals surface area contributed by atoms with Crippen molar-refractivity contribution in [1.29, 1.82) is 0 Å². The molecule has 1 aromatic rings. The van der Waals surface area contributed by atoms with E-state index >= 15 is 0 Å². The van der Waals surface area contributed by atoms with Crippen LogP contribution in [0.3, 0.4) is 0 Å². The van der Waals surface area contributed by atoms with E-state index < -0.39 is 26.1 Å². The van der Waals surface area contributed by atoms with Crippen LogP contribution in [0.5, 0.6) is 0 Å². The molecular weight excluding hydrogens is 362 g/mol. The molecule has 9 heteroatoms. The standard InChI is InChI=1S/C17H26FN2O5P/c1-3-24-26(22,25-4-2)19-16-12-20(11-10-15(16)18)17(21)23-13-14-8-6-5-7-9-14/h5-9,15-16H,3-4,10-13H2,1-2H3,(H,19,22)/t15-,16-/m1/s1. The lowest BCUT2D eigenvalue weighted by atomic mass is 10.1. The molecule has 26 heavy (non-hydrogen) atoms. The molecule has 1 aliphatic heterocycles. The number of hydrogen-bond donors (Lipinski definition) is 1. The van der Waals surface area contributed by atoms with Gasteiger partial charge in [-0.1, -0.05) is 30.3 Å². The maximum atomic E-state index is 14.3. The first kappa shape index (κ1) is 20.8. The highest BCUT2D eigenvalue weighted by Gasteiger charge is 2.37. The first-order valence-electron chi connectivity index (χ1n) is 8.74. The summed E-state index contributed by atoms with van der Waals surface area (Å²) in [5.41, 5.74) is 0.869. The van der Waals surface area contributed by atoms with Crippen molar-refractivity contribution in [1.82, 2.24) is 9.99 Å². The molecule has 0 radical (unpaired) electrons. The number of carbonyl (C=O) groups is 1. The minimum absolute atomic E-state index is 0.0267. The number of hydrogen-bond acceptors (Lipinski definition) is 5. The highest BCUT2D eigenvalue weighted by atomic mass is 31.2.